The molecule has 0 spiro atoms. The maximum absolute atomic E-state index is 13.5. The van der Waals surface area contributed by atoms with Crippen LogP contribution in [-0.4, -0.2) is 26.0 Å². The predicted molar refractivity (Wildman–Crippen MR) is 72.1 cm³/mol. The molecular formula is C13H17F2NO4S. The van der Waals surface area contributed by atoms with E-state index in [1.165, 1.54) is 0 Å². The van der Waals surface area contributed by atoms with Crippen LogP contribution < -0.4 is 4.72 Å². The van der Waals surface area contributed by atoms with Crippen LogP contribution in [0.2, 0.25) is 0 Å². The largest absolute Gasteiger partial charge is 0.481 e. The maximum Gasteiger partial charge on any atom is 0.307 e. The third-order valence-corrected chi connectivity index (χ3v) is 4.29. The normalized spacial score (nSPS) is 13.4. The van der Waals surface area contributed by atoms with E-state index in [-0.39, 0.29) is 12.3 Å². The van der Waals surface area contributed by atoms with Gasteiger partial charge in [-0.25, -0.2) is 21.9 Å². The van der Waals surface area contributed by atoms with Crippen molar-refractivity contribution in [3.63, 3.8) is 0 Å². The van der Waals surface area contributed by atoms with Gasteiger partial charge in [-0.15, -0.1) is 0 Å². The summed E-state index contributed by atoms with van der Waals surface area (Å²) in [7, 11) is -4.45. The van der Waals surface area contributed by atoms with Crippen LogP contribution in [0.25, 0.3) is 0 Å². The molecule has 5 nitrogen and oxygen atoms in total. The first-order valence-electron chi connectivity index (χ1n) is 6.31. The molecule has 2 N–H and O–H groups in total. The summed E-state index contributed by atoms with van der Waals surface area (Å²) in [5, 5.41) is 9.02. The zero-order valence-electron chi connectivity index (χ0n) is 11.6. The highest BCUT2D eigenvalue weighted by Crippen LogP contribution is 2.19. The number of halogens is 2. The molecule has 1 aromatic rings. The third-order valence-electron chi connectivity index (χ3n) is 2.81. The molecule has 0 saturated heterocycles. The Morgan fingerprint density at radius 3 is 2.24 bits per heavy atom. The van der Waals surface area contributed by atoms with E-state index < -0.39 is 45.0 Å². The monoisotopic (exact) mass is 321 g/mol. The number of carbonyl (C=O) groups is 1. The van der Waals surface area contributed by atoms with Gasteiger partial charge >= 0.3 is 5.97 Å². The summed E-state index contributed by atoms with van der Waals surface area (Å²) in [4.78, 5) is 9.94. The summed E-state index contributed by atoms with van der Waals surface area (Å²) in [5.41, 5.74) is 0. The Morgan fingerprint density at radius 1 is 1.29 bits per heavy atom. The van der Waals surface area contributed by atoms with Gasteiger partial charge < -0.3 is 5.11 Å². The van der Waals surface area contributed by atoms with E-state index in [0.717, 1.165) is 18.2 Å². The van der Waals surface area contributed by atoms with Crippen molar-refractivity contribution in [2.24, 2.45) is 11.8 Å². The third kappa shape index (κ3) is 4.75. The van der Waals surface area contributed by atoms with Crippen LogP contribution in [0.5, 0.6) is 0 Å². The van der Waals surface area contributed by atoms with Gasteiger partial charge in [-0.2, -0.15) is 0 Å². The molecule has 118 valence electrons. The maximum atomic E-state index is 13.5. The Balaban J connectivity index is 2.93. The van der Waals surface area contributed by atoms with Gasteiger partial charge in [-0.1, -0.05) is 19.9 Å². The molecule has 0 aromatic heterocycles. The standard InChI is InChI=1S/C13H17F2NO4S/c1-8(2)6-9(13(17)18)7-16-21(19,20)12-10(14)4-3-5-11(12)15/h3-5,8-9,16H,6-7H2,1-2H3,(H,17,18). The van der Waals surface area contributed by atoms with Crippen molar-refractivity contribution >= 4 is 16.0 Å². The minimum Gasteiger partial charge on any atom is -0.481 e. The number of benzene rings is 1. The minimum absolute atomic E-state index is 0.0424. The fourth-order valence-corrected chi connectivity index (χ4v) is 3.08. The number of aliphatic carboxylic acids is 1. The fraction of sp³-hybridized carbons (Fsp3) is 0.462. The van der Waals surface area contributed by atoms with Gasteiger partial charge in [0.25, 0.3) is 0 Å². The molecule has 0 bridgehead atoms. The molecule has 8 heteroatoms. The summed E-state index contributed by atoms with van der Waals surface area (Å²) in [6.07, 6.45) is 0.248. The second-order valence-electron chi connectivity index (χ2n) is 5.07. The Kier molecular flexibility index (Phi) is 5.79. The summed E-state index contributed by atoms with van der Waals surface area (Å²) in [6.45, 7) is 3.16. The van der Waals surface area contributed by atoms with E-state index in [1.807, 2.05) is 4.72 Å². The molecule has 1 atom stereocenters. The van der Waals surface area contributed by atoms with Crippen molar-refractivity contribution in [2.45, 2.75) is 25.2 Å². The smallest absolute Gasteiger partial charge is 0.307 e. The van der Waals surface area contributed by atoms with Gasteiger partial charge in [-0.3, -0.25) is 4.79 Å². The van der Waals surface area contributed by atoms with E-state index in [1.54, 1.807) is 13.8 Å². The van der Waals surface area contributed by atoms with E-state index in [9.17, 15) is 22.0 Å². The molecule has 21 heavy (non-hydrogen) atoms. The lowest BCUT2D eigenvalue weighted by Crippen LogP contribution is -2.34. The molecule has 0 heterocycles. The number of carboxylic acids is 1. The van der Waals surface area contributed by atoms with Crippen molar-refractivity contribution in [1.82, 2.24) is 4.72 Å². The first kappa shape index (κ1) is 17.5. The Bertz CT molecular complexity index is 596. The molecule has 1 unspecified atom stereocenters. The van der Waals surface area contributed by atoms with Crippen molar-refractivity contribution in [3.05, 3.63) is 29.8 Å². The molecule has 0 aliphatic carbocycles. The summed E-state index contributed by atoms with van der Waals surface area (Å²) < 4.78 is 52.7. The molecule has 0 saturated carbocycles. The minimum atomic E-state index is -4.45. The van der Waals surface area contributed by atoms with E-state index in [4.69, 9.17) is 5.11 Å². The van der Waals surface area contributed by atoms with Crippen LogP contribution >= 0.6 is 0 Å². The summed E-state index contributed by atoms with van der Waals surface area (Å²) >= 11 is 0. The van der Waals surface area contributed by atoms with Crippen LogP contribution in [0, 0.1) is 23.5 Å². The molecule has 0 aliphatic heterocycles. The fourth-order valence-electron chi connectivity index (χ4n) is 1.86. The molecule has 0 aliphatic rings. The number of nitrogens with one attached hydrogen (secondary N) is 1. The Labute approximate surface area is 122 Å². The van der Waals surface area contributed by atoms with Gasteiger partial charge in [0.05, 0.1) is 5.92 Å². The van der Waals surface area contributed by atoms with Crippen molar-refractivity contribution in [3.8, 4) is 0 Å². The average molecular weight is 321 g/mol. The van der Waals surface area contributed by atoms with Gasteiger partial charge in [-0.05, 0) is 24.5 Å². The van der Waals surface area contributed by atoms with Gasteiger partial charge in [0, 0.05) is 6.54 Å². The predicted octanol–water partition coefficient (Wildman–Crippen LogP) is 1.99. The number of carboxylic acid groups (broad SMARTS) is 1. The van der Waals surface area contributed by atoms with Crippen LogP contribution in [-0.2, 0) is 14.8 Å². The number of rotatable bonds is 7. The molecular weight excluding hydrogens is 304 g/mol. The lowest BCUT2D eigenvalue weighted by molar-refractivity contribution is -0.142. The number of hydrogen-bond donors (Lipinski definition) is 2. The molecule has 1 aromatic carbocycles. The van der Waals surface area contributed by atoms with E-state index >= 15 is 0 Å². The second-order valence-corrected chi connectivity index (χ2v) is 6.77. The van der Waals surface area contributed by atoms with Crippen LogP contribution in [0.3, 0.4) is 0 Å². The lowest BCUT2D eigenvalue weighted by Gasteiger charge is -2.16. The molecule has 1 rings (SSSR count). The van der Waals surface area contributed by atoms with Crippen molar-refractivity contribution < 1.29 is 27.1 Å². The van der Waals surface area contributed by atoms with Crippen LogP contribution in [0.4, 0.5) is 8.78 Å². The van der Waals surface area contributed by atoms with Gasteiger partial charge in [0.15, 0.2) is 4.90 Å². The first-order chi connectivity index (χ1) is 9.65. The van der Waals surface area contributed by atoms with Gasteiger partial charge in [0.2, 0.25) is 10.0 Å². The van der Waals surface area contributed by atoms with Gasteiger partial charge in [0.1, 0.15) is 11.6 Å². The van der Waals surface area contributed by atoms with E-state index in [2.05, 4.69) is 0 Å². The zero-order chi connectivity index (χ0) is 16.2. The Morgan fingerprint density at radius 2 is 1.81 bits per heavy atom. The number of hydrogen-bond acceptors (Lipinski definition) is 3. The first-order valence-corrected chi connectivity index (χ1v) is 7.80. The summed E-state index contributed by atoms with van der Waals surface area (Å²) in [6, 6.07) is 2.68. The van der Waals surface area contributed by atoms with Crippen LogP contribution in [0.15, 0.2) is 23.1 Å². The zero-order valence-corrected chi connectivity index (χ0v) is 12.5. The molecule has 0 radical (unpaired) electrons. The lowest BCUT2D eigenvalue weighted by atomic mass is 9.98. The van der Waals surface area contributed by atoms with Crippen molar-refractivity contribution in [1.29, 1.82) is 0 Å². The van der Waals surface area contributed by atoms with E-state index in [0.29, 0.717) is 0 Å². The van der Waals surface area contributed by atoms with Crippen molar-refractivity contribution in [2.75, 3.05) is 6.54 Å². The Hall–Kier alpha value is -1.54. The number of sulfonamides is 1. The SMILES string of the molecule is CC(C)CC(CNS(=O)(=O)c1c(F)cccc1F)C(=O)O. The highest BCUT2D eigenvalue weighted by Gasteiger charge is 2.26. The second kappa shape index (κ2) is 6.95. The average Bonchev–Trinajstić information content (AvgIpc) is 2.33. The summed E-state index contributed by atoms with van der Waals surface area (Å²) in [5.74, 6) is -4.53. The highest BCUT2D eigenvalue weighted by atomic mass is 32.2. The molecule has 0 fully saturated rings. The topological polar surface area (TPSA) is 83.5 Å². The van der Waals surface area contributed by atoms with Crippen LogP contribution in [0.1, 0.15) is 20.3 Å². The quantitative estimate of drug-likeness (QED) is 0.804. The highest BCUT2D eigenvalue weighted by molar-refractivity contribution is 7.89. The molecule has 0 amide bonds.